The fourth-order valence-corrected chi connectivity index (χ4v) is 6.30. The molecule has 12 heteroatoms. The Morgan fingerprint density at radius 3 is 2.47 bits per heavy atom. The molecule has 1 saturated heterocycles. The molecule has 36 heavy (non-hydrogen) atoms. The molecule has 0 spiro atoms. The number of aromatic nitrogens is 2. The summed E-state index contributed by atoms with van der Waals surface area (Å²) in [6.45, 7) is 1.50. The summed E-state index contributed by atoms with van der Waals surface area (Å²) in [7, 11) is -1.79. The SMILES string of the molecule is COC(=O)C1CC(S(=O)(=O)c2ccccc2C(F)(F)F)CN1c1cc(C)nn1-c1cccc(OC)c1. The standard InChI is InChI=1S/C24H24F3N3O5S/c1-15-11-22(30(28-15)16-7-6-8-17(12-16)34-2)29-14-18(13-20(29)23(31)35-3)36(32,33)21-10-5-4-9-19(21)24(25,26)27/h4-12,18,20H,13-14H2,1-3H3. The van der Waals surface area contributed by atoms with E-state index in [0.717, 1.165) is 18.2 Å². The number of sulfone groups is 1. The van der Waals surface area contributed by atoms with Crippen LogP contribution in [0.25, 0.3) is 5.69 Å². The molecule has 0 amide bonds. The van der Waals surface area contributed by atoms with Gasteiger partial charge in [0.25, 0.3) is 0 Å². The van der Waals surface area contributed by atoms with Crippen LogP contribution in [0.5, 0.6) is 5.75 Å². The number of anilines is 1. The molecule has 0 radical (unpaired) electrons. The third kappa shape index (κ3) is 4.64. The van der Waals surface area contributed by atoms with Crippen LogP contribution >= 0.6 is 0 Å². The molecule has 8 nitrogen and oxygen atoms in total. The number of methoxy groups -OCH3 is 2. The number of rotatable bonds is 6. The highest BCUT2D eigenvalue weighted by atomic mass is 32.2. The molecule has 1 aromatic heterocycles. The first-order valence-corrected chi connectivity index (χ1v) is 12.5. The van der Waals surface area contributed by atoms with Gasteiger partial charge in [0, 0.05) is 18.7 Å². The Morgan fingerprint density at radius 1 is 1.08 bits per heavy atom. The van der Waals surface area contributed by atoms with Crippen LogP contribution in [-0.2, 0) is 25.5 Å². The van der Waals surface area contributed by atoms with Crippen molar-refractivity contribution in [1.82, 2.24) is 9.78 Å². The van der Waals surface area contributed by atoms with Gasteiger partial charge >= 0.3 is 12.1 Å². The zero-order valence-electron chi connectivity index (χ0n) is 19.7. The van der Waals surface area contributed by atoms with Crippen molar-refractivity contribution < 1.29 is 35.9 Å². The van der Waals surface area contributed by atoms with E-state index in [1.54, 1.807) is 37.3 Å². The topological polar surface area (TPSA) is 90.7 Å². The Hall–Kier alpha value is -3.54. The number of alkyl halides is 3. The molecule has 0 bridgehead atoms. The number of aryl methyl sites for hydroxylation is 1. The molecule has 2 aromatic carbocycles. The normalized spacial score (nSPS) is 18.3. The maximum atomic E-state index is 13.6. The summed E-state index contributed by atoms with van der Waals surface area (Å²) in [6, 6.07) is 11.6. The quantitative estimate of drug-likeness (QED) is 0.454. The largest absolute Gasteiger partial charge is 0.497 e. The van der Waals surface area contributed by atoms with E-state index in [9.17, 15) is 26.4 Å². The average molecular weight is 524 g/mol. The minimum atomic E-state index is -4.86. The first kappa shape index (κ1) is 25.5. The Kier molecular flexibility index (Phi) is 6.74. The smallest absolute Gasteiger partial charge is 0.417 e. The molecule has 1 aliphatic rings. The molecular formula is C24H24F3N3O5S. The van der Waals surface area contributed by atoms with Crippen LogP contribution in [0.2, 0.25) is 0 Å². The van der Waals surface area contributed by atoms with Crippen LogP contribution in [0, 0.1) is 6.92 Å². The first-order chi connectivity index (χ1) is 17.0. The molecule has 0 saturated carbocycles. The van der Waals surface area contributed by atoms with Crippen molar-refractivity contribution in [3.05, 3.63) is 65.9 Å². The van der Waals surface area contributed by atoms with Crippen molar-refractivity contribution in [1.29, 1.82) is 0 Å². The van der Waals surface area contributed by atoms with Gasteiger partial charge in [-0.15, -0.1) is 0 Å². The first-order valence-electron chi connectivity index (χ1n) is 10.9. The lowest BCUT2D eigenvalue weighted by Crippen LogP contribution is -2.38. The van der Waals surface area contributed by atoms with Crippen LogP contribution < -0.4 is 9.64 Å². The Morgan fingerprint density at radius 2 is 1.81 bits per heavy atom. The van der Waals surface area contributed by atoms with E-state index in [2.05, 4.69) is 5.10 Å². The van der Waals surface area contributed by atoms with Gasteiger partial charge in [-0.1, -0.05) is 18.2 Å². The molecular weight excluding hydrogens is 499 g/mol. The number of hydrogen-bond donors (Lipinski definition) is 0. The van der Waals surface area contributed by atoms with Crippen molar-refractivity contribution in [2.45, 2.75) is 35.7 Å². The number of nitrogens with zero attached hydrogens (tertiary/aromatic N) is 3. The summed E-state index contributed by atoms with van der Waals surface area (Å²) in [5.74, 6) is 0.257. The van der Waals surface area contributed by atoms with E-state index in [4.69, 9.17) is 9.47 Å². The Balaban J connectivity index is 1.79. The van der Waals surface area contributed by atoms with E-state index in [1.165, 1.54) is 29.9 Å². The molecule has 4 rings (SSSR count). The highest BCUT2D eigenvalue weighted by molar-refractivity contribution is 7.92. The molecule has 0 aliphatic carbocycles. The van der Waals surface area contributed by atoms with Crippen molar-refractivity contribution in [2.24, 2.45) is 0 Å². The Bertz CT molecular complexity index is 1390. The lowest BCUT2D eigenvalue weighted by molar-refractivity contribution is -0.142. The summed E-state index contributed by atoms with van der Waals surface area (Å²) >= 11 is 0. The molecule has 1 fully saturated rings. The number of carbonyl (C=O) groups excluding carboxylic acids is 1. The molecule has 192 valence electrons. The fourth-order valence-electron chi connectivity index (χ4n) is 4.39. The maximum Gasteiger partial charge on any atom is 0.417 e. The third-order valence-electron chi connectivity index (χ3n) is 6.08. The molecule has 2 heterocycles. The lowest BCUT2D eigenvalue weighted by Gasteiger charge is -2.25. The van der Waals surface area contributed by atoms with Crippen molar-refractivity contribution >= 4 is 21.6 Å². The van der Waals surface area contributed by atoms with Crippen LogP contribution in [0.3, 0.4) is 0 Å². The van der Waals surface area contributed by atoms with Crippen LogP contribution in [0.1, 0.15) is 17.7 Å². The van der Waals surface area contributed by atoms with Crippen LogP contribution in [0.4, 0.5) is 19.0 Å². The predicted molar refractivity (Wildman–Crippen MR) is 125 cm³/mol. The molecule has 0 N–H and O–H groups in total. The minimum absolute atomic E-state index is 0.233. The summed E-state index contributed by atoms with van der Waals surface area (Å²) in [4.78, 5) is 13.4. The second-order valence-electron chi connectivity index (χ2n) is 8.35. The molecule has 2 unspecified atom stereocenters. The van der Waals surface area contributed by atoms with E-state index in [1.807, 2.05) is 0 Å². The van der Waals surface area contributed by atoms with E-state index >= 15 is 0 Å². The third-order valence-corrected chi connectivity index (χ3v) is 8.27. The highest BCUT2D eigenvalue weighted by Gasteiger charge is 2.47. The van der Waals surface area contributed by atoms with E-state index in [-0.39, 0.29) is 13.0 Å². The predicted octanol–water partition coefficient (Wildman–Crippen LogP) is 3.80. The van der Waals surface area contributed by atoms with Gasteiger partial charge in [-0.2, -0.15) is 18.3 Å². The van der Waals surface area contributed by atoms with Crippen LogP contribution in [0.15, 0.2) is 59.5 Å². The summed E-state index contributed by atoms with van der Waals surface area (Å²) < 4.78 is 79.4. The maximum absolute atomic E-state index is 13.6. The van der Waals surface area contributed by atoms with Gasteiger partial charge in [0.2, 0.25) is 0 Å². The van der Waals surface area contributed by atoms with Gasteiger partial charge in [-0.05, 0) is 37.6 Å². The number of benzene rings is 2. The van der Waals surface area contributed by atoms with E-state index < -0.39 is 43.7 Å². The van der Waals surface area contributed by atoms with Gasteiger partial charge in [0.15, 0.2) is 9.84 Å². The van der Waals surface area contributed by atoms with Crippen molar-refractivity contribution in [3.8, 4) is 11.4 Å². The van der Waals surface area contributed by atoms with Crippen molar-refractivity contribution in [2.75, 3.05) is 25.7 Å². The monoisotopic (exact) mass is 523 g/mol. The molecule has 3 aromatic rings. The lowest BCUT2D eigenvalue weighted by atomic mass is 10.2. The molecule has 2 atom stereocenters. The van der Waals surface area contributed by atoms with Gasteiger partial charge in [0.1, 0.15) is 17.6 Å². The number of carbonyl (C=O) groups is 1. The number of esters is 1. The number of ether oxygens (including phenoxy) is 2. The number of hydrogen-bond acceptors (Lipinski definition) is 7. The van der Waals surface area contributed by atoms with Crippen molar-refractivity contribution in [3.63, 3.8) is 0 Å². The summed E-state index contributed by atoms with van der Waals surface area (Å²) in [6.07, 6.45) is -5.10. The minimum Gasteiger partial charge on any atom is -0.497 e. The second kappa shape index (κ2) is 9.49. The highest BCUT2D eigenvalue weighted by Crippen LogP contribution is 2.39. The zero-order valence-corrected chi connectivity index (χ0v) is 20.5. The zero-order chi connectivity index (χ0) is 26.3. The molecule has 1 aliphatic heterocycles. The van der Waals surface area contributed by atoms with Gasteiger partial charge < -0.3 is 14.4 Å². The fraction of sp³-hybridized carbons (Fsp3) is 0.333. The summed E-state index contributed by atoms with van der Waals surface area (Å²) in [5, 5.41) is 3.19. The second-order valence-corrected chi connectivity index (χ2v) is 10.5. The van der Waals surface area contributed by atoms with Crippen LogP contribution in [-0.4, -0.2) is 56.2 Å². The van der Waals surface area contributed by atoms with Gasteiger partial charge in [-0.25, -0.2) is 17.9 Å². The number of halogens is 3. The summed E-state index contributed by atoms with van der Waals surface area (Å²) in [5.41, 5.74) is -0.0599. The average Bonchev–Trinajstić information content (AvgIpc) is 3.47. The Labute approximate surface area is 206 Å². The van der Waals surface area contributed by atoms with Gasteiger partial charge in [-0.3, -0.25) is 0 Å². The van der Waals surface area contributed by atoms with Gasteiger partial charge in [0.05, 0.1) is 41.3 Å². The van der Waals surface area contributed by atoms with E-state index in [0.29, 0.717) is 22.9 Å².